The van der Waals surface area contributed by atoms with Crippen LogP contribution in [0, 0.1) is 0 Å². The van der Waals surface area contributed by atoms with E-state index in [-0.39, 0.29) is 32.8 Å². The van der Waals surface area contributed by atoms with Crippen LogP contribution in [-0.4, -0.2) is 40.7 Å². The van der Waals surface area contributed by atoms with E-state index < -0.39 is 0 Å². The Kier molecular flexibility index (Phi) is 16.0. The lowest BCUT2D eigenvalue weighted by molar-refractivity contribution is 0.396. The summed E-state index contributed by atoms with van der Waals surface area (Å²) in [6.45, 7) is 34.1. The number of phenols is 1. The second kappa shape index (κ2) is 21.0. The first-order valence-corrected chi connectivity index (χ1v) is 27.2. The molecule has 6 aromatic rings. The molecule has 0 saturated carbocycles. The third-order valence-corrected chi connectivity index (χ3v) is 15.5. The number of benzene rings is 6. The van der Waals surface area contributed by atoms with Crippen LogP contribution in [0.25, 0.3) is 0 Å². The van der Waals surface area contributed by atoms with E-state index in [1.807, 2.05) is 19.2 Å². The lowest BCUT2D eigenvalue weighted by atomic mass is 9.79. The molecule has 12 bridgehead atoms. The summed E-state index contributed by atoms with van der Waals surface area (Å²) >= 11 is 3.89. The first-order chi connectivity index (χ1) is 34.4. The lowest BCUT2D eigenvalue weighted by Gasteiger charge is -2.28. The first-order valence-electron chi connectivity index (χ1n) is 26.4. The van der Waals surface area contributed by atoms with Gasteiger partial charge in [-0.3, -0.25) is 0 Å². The van der Waals surface area contributed by atoms with Gasteiger partial charge in [0.05, 0.1) is 35.5 Å². The van der Waals surface area contributed by atoms with Gasteiger partial charge in [-0.2, -0.15) is 0 Å². The van der Waals surface area contributed by atoms with Crippen molar-refractivity contribution in [2.45, 2.75) is 169 Å². The fourth-order valence-electron chi connectivity index (χ4n) is 10.8. The Balaban J connectivity index is 1.62. The Morgan fingerprint density at radius 1 is 0.284 bits per heavy atom. The average molecular weight is 1070 g/mol. The molecule has 0 atom stereocenters. The third-order valence-electron chi connectivity index (χ3n) is 15.1. The van der Waals surface area contributed by atoms with Crippen molar-refractivity contribution in [2.24, 2.45) is 0 Å². The Labute approximate surface area is 453 Å². The van der Waals surface area contributed by atoms with Gasteiger partial charge in [-0.15, -0.1) is 0 Å². The topological polar surface area (TPSA) is 66.4 Å². The average Bonchev–Trinajstić information content (AvgIpc) is 3.28. The van der Waals surface area contributed by atoms with Gasteiger partial charge in [-0.1, -0.05) is 180 Å². The van der Waals surface area contributed by atoms with Crippen molar-refractivity contribution in [1.82, 2.24) is 0 Å². The zero-order valence-corrected chi connectivity index (χ0v) is 50.1. The van der Waals surface area contributed by atoms with Gasteiger partial charge in [0, 0.05) is 43.0 Å². The summed E-state index contributed by atoms with van der Waals surface area (Å²) < 4.78 is 33.6. The molecule has 7 heteroatoms. The second-order valence-corrected chi connectivity index (χ2v) is 26.9. The van der Waals surface area contributed by atoms with Crippen LogP contribution in [0.4, 0.5) is 0 Å². The monoisotopic (exact) mass is 1060 g/mol. The van der Waals surface area contributed by atoms with Crippen LogP contribution >= 0.6 is 15.9 Å². The fraction of sp³-hybridized carbons (Fsp3) is 0.463. The number of rotatable bonds is 5. The van der Waals surface area contributed by atoms with E-state index in [9.17, 15) is 5.11 Å². The van der Waals surface area contributed by atoms with E-state index in [0.717, 1.165) is 100.0 Å². The maximum atomic E-state index is 12.5. The van der Waals surface area contributed by atoms with Crippen molar-refractivity contribution in [3.05, 3.63) is 172 Å². The Bertz CT molecular complexity index is 2870. The number of fused-ring (bicyclic) bond motifs is 12. The quantitative estimate of drug-likeness (QED) is 0.185. The third kappa shape index (κ3) is 12.0. The van der Waals surface area contributed by atoms with Crippen molar-refractivity contribution in [1.29, 1.82) is 0 Å². The van der Waals surface area contributed by atoms with Gasteiger partial charge in [-0.25, -0.2) is 0 Å². The van der Waals surface area contributed by atoms with E-state index in [1.165, 1.54) is 27.8 Å². The zero-order chi connectivity index (χ0) is 54.6. The highest BCUT2D eigenvalue weighted by molar-refractivity contribution is 9.10. The minimum atomic E-state index is -0.178. The van der Waals surface area contributed by atoms with Gasteiger partial charge in [0.25, 0.3) is 0 Å². The highest BCUT2D eigenvalue weighted by atomic mass is 79.9. The van der Waals surface area contributed by atoms with Gasteiger partial charge in [0.1, 0.15) is 34.5 Å². The molecule has 0 heterocycles. The van der Waals surface area contributed by atoms with Crippen LogP contribution in [0.5, 0.6) is 34.5 Å². The van der Waals surface area contributed by atoms with Crippen LogP contribution in [-0.2, 0) is 65.6 Å². The molecule has 6 aromatic carbocycles. The van der Waals surface area contributed by atoms with E-state index >= 15 is 0 Å². The molecule has 0 spiro atoms. The van der Waals surface area contributed by atoms with Crippen LogP contribution < -0.4 is 23.7 Å². The van der Waals surface area contributed by atoms with Gasteiger partial charge >= 0.3 is 0 Å². The lowest BCUT2D eigenvalue weighted by Crippen LogP contribution is -2.16. The molecule has 7 rings (SSSR count). The first kappa shape index (κ1) is 56.3. The number of halogens is 1. The van der Waals surface area contributed by atoms with Crippen molar-refractivity contribution in [3.63, 3.8) is 0 Å². The molecule has 0 fully saturated rings. The molecule has 0 radical (unpaired) electrons. The smallest absolute Gasteiger partial charge is 0.125 e. The molecule has 1 aliphatic rings. The summed E-state index contributed by atoms with van der Waals surface area (Å²) in [6.07, 6.45) is 3.21. The predicted molar refractivity (Wildman–Crippen MR) is 311 cm³/mol. The normalized spacial score (nSPS) is 13.7. The predicted octanol–water partition coefficient (Wildman–Crippen LogP) is 16.5. The highest BCUT2D eigenvalue weighted by Crippen LogP contribution is 2.45. The summed E-state index contributed by atoms with van der Waals surface area (Å²) in [6, 6.07) is 27.3. The standard InChI is InChI=1S/C67H85BrO6/c1-63(2,3)51-27-41-21-39-37-56(68)38-40(57(39)69)22-42-28-52(64(4,5)6)30-44(59(42)71-17)24-46-32-54(66(10,11)12)34-48(61(46)73-19)26-50-36-55(67(13,14)15)35-49(62(50)74-20)25-47-33-53(65(7,8)9)31-45(60(47)72-18)23-43(29-51)58(41)70-16/h27-38,69H,21-26H2,1-20H3. The van der Waals surface area contributed by atoms with Crippen molar-refractivity contribution in [3.8, 4) is 34.5 Å². The highest BCUT2D eigenvalue weighted by Gasteiger charge is 2.30. The maximum absolute atomic E-state index is 12.5. The van der Waals surface area contributed by atoms with Crippen molar-refractivity contribution in [2.75, 3.05) is 35.5 Å². The molecule has 396 valence electrons. The molecule has 0 saturated heterocycles. The fourth-order valence-corrected chi connectivity index (χ4v) is 11.3. The number of aromatic hydroxyl groups is 1. The minimum absolute atomic E-state index is 0.157. The SMILES string of the molecule is COc1c2cc(C(C)(C)C)cc1Cc1cc(C(C)(C)C)cc(c1OC)Cc1cc(C(C)(C)C)cc(c1OC)Cc1cc(C(C)(C)C)cc(c1OC)Cc1cc(C(C)(C)C)cc(c1OC)Cc1cc(Br)cc(c1O)C2. The van der Waals surface area contributed by atoms with E-state index in [2.05, 4.69) is 180 Å². The Morgan fingerprint density at radius 3 is 0.568 bits per heavy atom. The van der Waals surface area contributed by atoms with E-state index in [1.54, 1.807) is 28.4 Å². The summed E-state index contributed by atoms with van der Waals surface area (Å²) in [5.74, 6) is 4.45. The van der Waals surface area contributed by atoms with Gasteiger partial charge < -0.3 is 28.8 Å². The molecule has 1 aliphatic carbocycles. The molecule has 74 heavy (non-hydrogen) atoms. The molecule has 6 nitrogen and oxygen atoms in total. The van der Waals surface area contributed by atoms with E-state index in [0.29, 0.717) is 38.5 Å². The summed E-state index contributed by atoms with van der Waals surface area (Å²) in [7, 11) is 8.94. The summed E-state index contributed by atoms with van der Waals surface area (Å²) in [5.41, 5.74) is 17.5. The van der Waals surface area contributed by atoms with Gasteiger partial charge in [-0.05, 0) is 134 Å². The molecular formula is C67H85BrO6. The number of hydrogen-bond acceptors (Lipinski definition) is 6. The summed E-state index contributed by atoms with van der Waals surface area (Å²) in [4.78, 5) is 0. The second-order valence-electron chi connectivity index (χ2n) is 26.0. The molecule has 1 N–H and O–H groups in total. The maximum Gasteiger partial charge on any atom is 0.125 e. The molecule has 0 aliphatic heterocycles. The molecular weight excluding hydrogens is 981 g/mol. The van der Waals surface area contributed by atoms with Crippen LogP contribution in [0.15, 0.2) is 77.3 Å². The van der Waals surface area contributed by atoms with Gasteiger partial charge in [0.2, 0.25) is 0 Å². The molecule has 0 aromatic heterocycles. The van der Waals surface area contributed by atoms with E-state index in [4.69, 9.17) is 23.7 Å². The minimum Gasteiger partial charge on any atom is -0.507 e. The Morgan fingerprint density at radius 2 is 0.432 bits per heavy atom. The van der Waals surface area contributed by atoms with Crippen LogP contribution in [0.3, 0.4) is 0 Å². The number of phenolic OH excluding ortho intramolecular Hbond substituents is 1. The zero-order valence-electron chi connectivity index (χ0n) is 48.5. The number of hydrogen-bond donors (Lipinski definition) is 1. The molecule has 0 unspecified atom stereocenters. The van der Waals surface area contributed by atoms with Crippen LogP contribution in [0.1, 0.15) is 198 Å². The summed E-state index contributed by atoms with van der Waals surface area (Å²) in [5, 5.41) is 12.5. The van der Waals surface area contributed by atoms with Crippen LogP contribution in [0.2, 0.25) is 0 Å². The molecule has 0 amide bonds. The largest absolute Gasteiger partial charge is 0.507 e. The van der Waals surface area contributed by atoms with Crippen molar-refractivity contribution < 1.29 is 28.8 Å². The van der Waals surface area contributed by atoms with Crippen molar-refractivity contribution >= 4 is 15.9 Å². The number of ether oxygens (including phenoxy) is 5. The Hall–Kier alpha value is -5.40. The van der Waals surface area contributed by atoms with Gasteiger partial charge in [0.15, 0.2) is 0 Å². The number of methoxy groups -OCH3 is 5.